The number of benzene rings is 2. The highest BCUT2D eigenvalue weighted by atomic mass is 35.5. The van der Waals surface area contributed by atoms with Gasteiger partial charge in [-0.1, -0.05) is 41.9 Å². The van der Waals surface area contributed by atoms with Gasteiger partial charge < -0.3 is 5.32 Å². The van der Waals surface area contributed by atoms with Crippen molar-refractivity contribution in [2.45, 2.75) is 32.2 Å². The highest BCUT2D eigenvalue weighted by Gasteiger charge is 2.12. The van der Waals surface area contributed by atoms with Gasteiger partial charge in [-0.15, -0.1) is 0 Å². The first kappa shape index (κ1) is 12.6. The standard InChI is InChI=1S/C17H18ClN/c18-16-10-4-2-7-14(16)12-19-17-11-5-8-13-6-1-3-9-15(13)17/h2,4-5,7-8,10-11,19H,1,3,6,9,12H2. The van der Waals surface area contributed by atoms with Crippen LogP contribution in [-0.2, 0) is 19.4 Å². The zero-order valence-electron chi connectivity index (χ0n) is 11.0. The fraction of sp³-hybridized carbons (Fsp3) is 0.294. The first-order valence-corrected chi connectivity index (χ1v) is 7.30. The normalized spacial score (nSPS) is 13.9. The van der Waals surface area contributed by atoms with Crippen LogP contribution < -0.4 is 5.32 Å². The van der Waals surface area contributed by atoms with Crippen molar-refractivity contribution in [1.82, 2.24) is 0 Å². The highest BCUT2D eigenvalue weighted by Crippen LogP contribution is 2.28. The molecule has 3 rings (SSSR count). The van der Waals surface area contributed by atoms with Crippen LogP contribution in [-0.4, -0.2) is 0 Å². The molecule has 1 aliphatic carbocycles. The summed E-state index contributed by atoms with van der Waals surface area (Å²) in [6.45, 7) is 0.788. The van der Waals surface area contributed by atoms with E-state index in [1.165, 1.54) is 42.5 Å². The molecule has 0 unspecified atom stereocenters. The van der Waals surface area contributed by atoms with Crippen LogP contribution in [0, 0.1) is 0 Å². The molecule has 2 aromatic rings. The van der Waals surface area contributed by atoms with Crippen molar-refractivity contribution in [2.75, 3.05) is 5.32 Å². The van der Waals surface area contributed by atoms with Gasteiger partial charge in [-0.2, -0.15) is 0 Å². The molecule has 0 aromatic heterocycles. The Balaban J connectivity index is 1.79. The first-order chi connectivity index (χ1) is 9.34. The number of rotatable bonds is 3. The quantitative estimate of drug-likeness (QED) is 0.843. The minimum atomic E-state index is 0.788. The number of aryl methyl sites for hydroxylation is 1. The van der Waals surface area contributed by atoms with Crippen LogP contribution in [0.25, 0.3) is 0 Å². The average molecular weight is 272 g/mol. The third-order valence-electron chi connectivity index (χ3n) is 3.82. The topological polar surface area (TPSA) is 12.0 Å². The Bertz CT molecular complexity index is 577. The van der Waals surface area contributed by atoms with Crippen LogP contribution in [0.3, 0.4) is 0 Å². The fourth-order valence-electron chi connectivity index (χ4n) is 2.78. The third-order valence-corrected chi connectivity index (χ3v) is 4.19. The summed E-state index contributed by atoms with van der Waals surface area (Å²) in [5, 5.41) is 4.38. The van der Waals surface area contributed by atoms with Gasteiger partial charge in [-0.05, 0) is 54.5 Å². The van der Waals surface area contributed by atoms with Crippen molar-refractivity contribution in [3.05, 3.63) is 64.2 Å². The number of fused-ring (bicyclic) bond motifs is 1. The minimum absolute atomic E-state index is 0.788. The van der Waals surface area contributed by atoms with E-state index in [1.807, 2.05) is 18.2 Å². The molecule has 0 heterocycles. The summed E-state index contributed by atoms with van der Waals surface area (Å²) >= 11 is 6.19. The molecule has 98 valence electrons. The van der Waals surface area contributed by atoms with E-state index >= 15 is 0 Å². The van der Waals surface area contributed by atoms with Crippen LogP contribution in [0.5, 0.6) is 0 Å². The number of anilines is 1. The number of halogens is 1. The second kappa shape index (κ2) is 5.66. The largest absolute Gasteiger partial charge is 0.381 e. The van der Waals surface area contributed by atoms with Crippen molar-refractivity contribution in [3.63, 3.8) is 0 Å². The smallest absolute Gasteiger partial charge is 0.0455 e. The summed E-state index contributed by atoms with van der Waals surface area (Å²) < 4.78 is 0. The Kier molecular flexibility index (Phi) is 3.74. The predicted octanol–water partition coefficient (Wildman–Crippen LogP) is 4.83. The summed E-state index contributed by atoms with van der Waals surface area (Å²) in [4.78, 5) is 0. The summed E-state index contributed by atoms with van der Waals surface area (Å²) in [7, 11) is 0. The van der Waals surface area contributed by atoms with Gasteiger partial charge in [-0.25, -0.2) is 0 Å². The second-order valence-electron chi connectivity index (χ2n) is 5.10. The Morgan fingerprint density at radius 3 is 2.68 bits per heavy atom. The summed E-state index contributed by atoms with van der Waals surface area (Å²) in [6, 6.07) is 14.6. The van der Waals surface area contributed by atoms with Crippen molar-refractivity contribution >= 4 is 17.3 Å². The number of hydrogen-bond acceptors (Lipinski definition) is 1. The Hall–Kier alpha value is -1.47. The molecule has 1 aliphatic rings. The van der Waals surface area contributed by atoms with E-state index in [-0.39, 0.29) is 0 Å². The van der Waals surface area contributed by atoms with Crippen LogP contribution in [0.4, 0.5) is 5.69 Å². The van der Waals surface area contributed by atoms with E-state index in [4.69, 9.17) is 11.6 Å². The molecule has 19 heavy (non-hydrogen) atoms. The first-order valence-electron chi connectivity index (χ1n) is 6.92. The van der Waals surface area contributed by atoms with E-state index in [2.05, 4.69) is 29.6 Å². The fourth-order valence-corrected chi connectivity index (χ4v) is 2.98. The average Bonchev–Trinajstić information content (AvgIpc) is 2.46. The van der Waals surface area contributed by atoms with Gasteiger partial charge in [0.2, 0.25) is 0 Å². The lowest BCUT2D eigenvalue weighted by Crippen LogP contribution is -2.08. The molecule has 0 saturated heterocycles. The van der Waals surface area contributed by atoms with Crippen molar-refractivity contribution < 1.29 is 0 Å². The lowest BCUT2D eigenvalue weighted by Gasteiger charge is -2.20. The van der Waals surface area contributed by atoms with E-state index in [9.17, 15) is 0 Å². The SMILES string of the molecule is Clc1ccccc1CNc1cccc2c1CCCC2. The van der Waals surface area contributed by atoms with Crippen LogP contribution >= 0.6 is 11.6 Å². The molecule has 0 amide bonds. The zero-order chi connectivity index (χ0) is 13.1. The molecule has 0 radical (unpaired) electrons. The molecule has 1 nitrogen and oxygen atoms in total. The summed E-state index contributed by atoms with van der Waals surface area (Å²) in [6.07, 6.45) is 5.04. The Morgan fingerprint density at radius 1 is 0.947 bits per heavy atom. The predicted molar refractivity (Wildman–Crippen MR) is 81.9 cm³/mol. The van der Waals surface area contributed by atoms with Gasteiger partial charge in [-0.3, -0.25) is 0 Å². The van der Waals surface area contributed by atoms with E-state index < -0.39 is 0 Å². The van der Waals surface area contributed by atoms with E-state index in [0.29, 0.717) is 0 Å². The minimum Gasteiger partial charge on any atom is -0.381 e. The molecule has 0 aliphatic heterocycles. The maximum Gasteiger partial charge on any atom is 0.0455 e. The van der Waals surface area contributed by atoms with Gasteiger partial charge in [0.25, 0.3) is 0 Å². The summed E-state index contributed by atoms with van der Waals surface area (Å²) in [5.41, 5.74) is 5.44. The maximum absolute atomic E-state index is 6.19. The van der Waals surface area contributed by atoms with Gasteiger partial charge in [0.15, 0.2) is 0 Å². The van der Waals surface area contributed by atoms with Crippen molar-refractivity contribution in [3.8, 4) is 0 Å². The highest BCUT2D eigenvalue weighted by molar-refractivity contribution is 6.31. The Labute approximate surface area is 119 Å². The van der Waals surface area contributed by atoms with E-state index in [1.54, 1.807) is 0 Å². The molecule has 1 N–H and O–H groups in total. The molecule has 0 saturated carbocycles. The third kappa shape index (κ3) is 2.76. The summed E-state index contributed by atoms with van der Waals surface area (Å²) in [5.74, 6) is 0. The van der Waals surface area contributed by atoms with Crippen LogP contribution in [0.1, 0.15) is 29.5 Å². The van der Waals surface area contributed by atoms with Crippen LogP contribution in [0.15, 0.2) is 42.5 Å². The van der Waals surface area contributed by atoms with Gasteiger partial charge in [0, 0.05) is 17.3 Å². The zero-order valence-corrected chi connectivity index (χ0v) is 11.7. The Morgan fingerprint density at radius 2 is 1.79 bits per heavy atom. The van der Waals surface area contributed by atoms with E-state index in [0.717, 1.165) is 17.1 Å². The molecule has 0 fully saturated rings. The van der Waals surface area contributed by atoms with Crippen molar-refractivity contribution in [2.24, 2.45) is 0 Å². The van der Waals surface area contributed by atoms with Gasteiger partial charge in [0.05, 0.1) is 0 Å². The van der Waals surface area contributed by atoms with Crippen molar-refractivity contribution in [1.29, 1.82) is 0 Å². The lowest BCUT2D eigenvalue weighted by molar-refractivity contribution is 0.686. The number of nitrogens with one attached hydrogen (secondary N) is 1. The second-order valence-corrected chi connectivity index (χ2v) is 5.50. The molecular weight excluding hydrogens is 254 g/mol. The molecule has 0 bridgehead atoms. The van der Waals surface area contributed by atoms with Crippen LogP contribution in [0.2, 0.25) is 5.02 Å². The van der Waals surface area contributed by atoms with Gasteiger partial charge >= 0.3 is 0 Å². The monoisotopic (exact) mass is 271 g/mol. The van der Waals surface area contributed by atoms with Gasteiger partial charge in [0.1, 0.15) is 0 Å². The lowest BCUT2D eigenvalue weighted by atomic mass is 9.90. The maximum atomic E-state index is 6.19. The molecule has 0 spiro atoms. The number of hydrogen-bond donors (Lipinski definition) is 1. The molecule has 2 heteroatoms. The molecular formula is C17H18ClN. The molecule has 0 atom stereocenters. The molecule has 2 aromatic carbocycles.